The Balaban J connectivity index is 2.33. The van der Waals surface area contributed by atoms with E-state index in [1.165, 1.54) is 0 Å². The minimum Gasteiger partial charge on any atom is -0.263 e. The summed E-state index contributed by atoms with van der Waals surface area (Å²) in [5.41, 5.74) is 3.56. The first-order valence-electron chi connectivity index (χ1n) is 6.35. The van der Waals surface area contributed by atoms with Crippen LogP contribution in [-0.2, 0) is 6.42 Å². The van der Waals surface area contributed by atoms with Crippen molar-refractivity contribution in [2.24, 2.45) is 0 Å². The van der Waals surface area contributed by atoms with Crippen LogP contribution in [0.15, 0.2) is 30.3 Å². The summed E-state index contributed by atoms with van der Waals surface area (Å²) in [4.78, 5) is 13.4. The molecule has 5 nitrogen and oxygen atoms in total. The van der Waals surface area contributed by atoms with E-state index in [2.05, 4.69) is 21.0 Å². The molecule has 0 bridgehead atoms. The fraction of sp³-hybridized carbons (Fsp3) is 0.200. The average molecular weight is 263 g/mol. The summed E-state index contributed by atoms with van der Waals surface area (Å²) < 4.78 is 1.86. The Morgan fingerprint density at radius 1 is 1.10 bits per heavy atom. The SMILES string of the molecule is Cc1cc(C)nc(-n2c(CC#N)nc3ccccc32)n1. The van der Waals surface area contributed by atoms with Crippen LogP contribution >= 0.6 is 0 Å². The predicted octanol–water partition coefficient (Wildman–Crippen LogP) is 2.50. The summed E-state index contributed by atoms with van der Waals surface area (Å²) >= 11 is 0. The monoisotopic (exact) mass is 263 g/mol. The van der Waals surface area contributed by atoms with Crippen molar-refractivity contribution in [2.75, 3.05) is 0 Å². The third-order valence-corrected chi connectivity index (χ3v) is 3.04. The maximum absolute atomic E-state index is 8.98. The lowest BCUT2D eigenvalue weighted by molar-refractivity contribution is 0.860. The standard InChI is InChI=1S/C15H13N5/c1-10-9-11(2)18-15(17-10)20-13-6-4-3-5-12(13)19-14(20)7-8-16/h3-6,9H,7H2,1-2H3. The maximum Gasteiger partial charge on any atom is 0.236 e. The molecular weight excluding hydrogens is 250 g/mol. The number of hydrogen-bond donors (Lipinski definition) is 0. The molecule has 0 aliphatic rings. The van der Waals surface area contributed by atoms with Gasteiger partial charge in [-0.3, -0.25) is 4.57 Å². The summed E-state index contributed by atoms with van der Waals surface area (Å²) in [6, 6.07) is 11.8. The van der Waals surface area contributed by atoms with E-state index in [0.29, 0.717) is 11.8 Å². The third-order valence-electron chi connectivity index (χ3n) is 3.04. The van der Waals surface area contributed by atoms with Crippen molar-refractivity contribution >= 4 is 11.0 Å². The number of aryl methyl sites for hydroxylation is 2. The minimum atomic E-state index is 0.227. The molecule has 0 fully saturated rings. The summed E-state index contributed by atoms with van der Waals surface area (Å²) in [6.45, 7) is 3.86. The Morgan fingerprint density at radius 2 is 1.80 bits per heavy atom. The highest BCUT2D eigenvalue weighted by Gasteiger charge is 2.14. The van der Waals surface area contributed by atoms with Crippen LogP contribution in [0.5, 0.6) is 0 Å². The molecule has 0 saturated heterocycles. The molecule has 3 rings (SSSR count). The van der Waals surface area contributed by atoms with Crippen molar-refractivity contribution < 1.29 is 0 Å². The van der Waals surface area contributed by atoms with Gasteiger partial charge in [-0.1, -0.05) is 12.1 Å². The van der Waals surface area contributed by atoms with Crippen LogP contribution in [0.3, 0.4) is 0 Å². The Labute approximate surface area is 116 Å². The molecule has 2 heterocycles. The number of rotatable bonds is 2. The van der Waals surface area contributed by atoms with Gasteiger partial charge in [-0.25, -0.2) is 15.0 Å². The van der Waals surface area contributed by atoms with Crippen LogP contribution in [0.4, 0.5) is 0 Å². The number of imidazole rings is 1. The van der Waals surface area contributed by atoms with Crippen molar-refractivity contribution in [3.05, 3.63) is 47.5 Å². The van der Waals surface area contributed by atoms with Gasteiger partial charge in [0, 0.05) is 11.4 Å². The molecule has 0 saturated carbocycles. The van der Waals surface area contributed by atoms with E-state index in [1.807, 2.05) is 48.7 Å². The van der Waals surface area contributed by atoms with E-state index in [0.717, 1.165) is 22.4 Å². The molecule has 0 unspecified atom stereocenters. The second kappa shape index (κ2) is 4.74. The summed E-state index contributed by atoms with van der Waals surface area (Å²) in [5, 5.41) is 8.98. The van der Waals surface area contributed by atoms with Crippen LogP contribution in [0.1, 0.15) is 17.2 Å². The van der Waals surface area contributed by atoms with Crippen LogP contribution in [0, 0.1) is 25.2 Å². The van der Waals surface area contributed by atoms with Crippen LogP contribution in [0.25, 0.3) is 17.0 Å². The minimum absolute atomic E-state index is 0.227. The van der Waals surface area contributed by atoms with Gasteiger partial charge < -0.3 is 0 Å². The Hall–Kier alpha value is -2.74. The van der Waals surface area contributed by atoms with E-state index < -0.39 is 0 Å². The lowest BCUT2D eigenvalue weighted by Gasteiger charge is -2.07. The Kier molecular flexibility index (Phi) is 2.92. The molecule has 0 aliphatic heterocycles. The highest BCUT2D eigenvalue weighted by molar-refractivity contribution is 5.77. The zero-order chi connectivity index (χ0) is 14.1. The van der Waals surface area contributed by atoms with E-state index in [9.17, 15) is 0 Å². The van der Waals surface area contributed by atoms with E-state index in [1.54, 1.807) is 0 Å². The fourth-order valence-electron chi connectivity index (χ4n) is 2.30. The summed E-state index contributed by atoms with van der Waals surface area (Å²) in [5.74, 6) is 1.24. The van der Waals surface area contributed by atoms with Gasteiger partial charge in [0.05, 0.1) is 23.5 Å². The van der Waals surface area contributed by atoms with Gasteiger partial charge in [-0.2, -0.15) is 5.26 Å². The normalized spacial score (nSPS) is 10.7. The first-order valence-corrected chi connectivity index (χ1v) is 6.35. The highest BCUT2D eigenvalue weighted by atomic mass is 15.2. The molecule has 0 N–H and O–H groups in total. The van der Waals surface area contributed by atoms with Crippen LogP contribution in [0.2, 0.25) is 0 Å². The smallest absolute Gasteiger partial charge is 0.236 e. The quantitative estimate of drug-likeness (QED) is 0.712. The zero-order valence-electron chi connectivity index (χ0n) is 11.3. The van der Waals surface area contributed by atoms with Crippen molar-refractivity contribution in [3.8, 4) is 12.0 Å². The number of aromatic nitrogens is 4. The molecule has 1 aromatic carbocycles. The van der Waals surface area contributed by atoms with E-state index >= 15 is 0 Å². The number of nitrogens with zero attached hydrogens (tertiary/aromatic N) is 5. The maximum atomic E-state index is 8.98. The second-order valence-corrected chi connectivity index (χ2v) is 4.64. The van der Waals surface area contributed by atoms with Crippen molar-refractivity contribution in [1.29, 1.82) is 5.26 Å². The van der Waals surface area contributed by atoms with Gasteiger partial charge in [0.2, 0.25) is 5.95 Å². The molecule has 98 valence electrons. The fourth-order valence-corrected chi connectivity index (χ4v) is 2.30. The molecule has 3 aromatic rings. The number of para-hydroxylation sites is 2. The molecule has 0 spiro atoms. The first kappa shape index (κ1) is 12.3. The second-order valence-electron chi connectivity index (χ2n) is 4.64. The summed E-state index contributed by atoms with van der Waals surface area (Å²) in [7, 11) is 0. The van der Waals surface area contributed by atoms with Gasteiger partial charge in [-0.15, -0.1) is 0 Å². The predicted molar refractivity (Wildman–Crippen MR) is 75.5 cm³/mol. The van der Waals surface area contributed by atoms with Gasteiger partial charge in [0.25, 0.3) is 0 Å². The molecule has 0 atom stereocenters. The Morgan fingerprint density at radius 3 is 2.50 bits per heavy atom. The van der Waals surface area contributed by atoms with Gasteiger partial charge in [0.15, 0.2) is 0 Å². The largest absolute Gasteiger partial charge is 0.263 e. The molecule has 5 heteroatoms. The average Bonchev–Trinajstić information content (AvgIpc) is 2.76. The molecule has 0 amide bonds. The Bertz CT molecular complexity index is 806. The zero-order valence-corrected chi connectivity index (χ0v) is 11.3. The summed E-state index contributed by atoms with van der Waals surface area (Å²) in [6.07, 6.45) is 0.227. The number of nitriles is 1. The van der Waals surface area contributed by atoms with E-state index in [-0.39, 0.29) is 6.42 Å². The van der Waals surface area contributed by atoms with Gasteiger partial charge in [-0.05, 0) is 32.0 Å². The highest BCUT2D eigenvalue weighted by Crippen LogP contribution is 2.20. The van der Waals surface area contributed by atoms with Crippen LogP contribution < -0.4 is 0 Å². The van der Waals surface area contributed by atoms with Gasteiger partial charge in [0.1, 0.15) is 5.82 Å². The number of fused-ring (bicyclic) bond motifs is 1. The molecule has 0 aliphatic carbocycles. The topological polar surface area (TPSA) is 67.4 Å². The lowest BCUT2D eigenvalue weighted by Crippen LogP contribution is -2.07. The van der Waals surface area contributed by atoms with Crippen molar-refractivity contribution in [2.45, 2.75) is 20.3 Å². The first-order chi connectivity index (χ1) is 9.69. The molecule has 0 radical (unpaired) electrons. The van der Waals surface area contributed by atoms with E-state index in [4.69, 9.17) is 5.26 Å². The molecule has 2 aromatic heterocycles. The van der Waals surface area contributed by atoms with Crippen molar-refractivity contribution in [1.82, 2.24) is 19.5 Å². The lowest BCUT2D eigenvalue weighted by atomic mass is 10.3. The number of benzene rings is 1. The number of hydrogen-bond acceptors (Lipinski definition) is 4. The molecule has 20 heavy (non-hydrogen) atoms. The van der Waals surface area contributed by atoms with Crippen LogP contribution in [-0.4, -0.2) is 19.5 Å². The van der Waals surface area contributed by atoms with Gasteiger partial charge >= 0.3 is 0 Å². The molecular formula is C15H13N5. The van der Waals surface area contributed by atoms with Crippen molar-refractivity contribution in [3.63, 3.8) is 0 Å². The third kappa shape index (κ3) is 2.01.